The van der Waals surface area contributed by atoms with Gasteiger partial charge in [-0.15, -0.1) is 0 Å². The molecule has 152 valence electrons. The lowest BCUT2D eigenvalue weighted by Gasteiger charge is -2.22. The van der Waals surface area contributed by atoms with Crippen LogP contribution >= 0.6 is 0 Å². The zero-order chi connectivity index (χ0) is 20.4. The highest BCUT2D eigenvalue weighted by atomic mass is 16.5. The number of aromatic nitrogens is 2. The molecule has 1 unspecified atom stereocenters. The molecule has 2 aliphatic heterocycles. The van der Waals surface area contributed by atoms with Gasteiger partial charge in [-0.25, -0.2) is 14.8 Å². The van der Waals surface area contributed by atoms with E-state index in [-0.39, 0.29) is 24.6 Å². The van der Waals surface area contributed by atoms with Gasteiger partial charge in [-0.05, 0) is 32.0 Å². The minimum Gasteiger partial charge on any atom is -0.458 e. The topological polar surface area (TPSA) is 78.9 Å². The average molecular weight is 395 g/mol. The zero-order valence-corrected chi connectivity index (χ0v) is 16.7. The Bertz CT molecular complexity index is 884. The Hall–Kier alpha value is -3.16. The molecule has 0 bridgehead atoms. The number of ether oxygens (including phenoxy) is 1. The number of hydrogen-bond donors (Lipinski definition) is 0. The number of likely N-dealkylation sites (tertiary alicyclic amines) is 1. The van der Waals surface area contributed by atoms with Crippen LogP contribution in [0.3, 0.4) is 0 Å². The predicted octanol–water partition coefficient (Wildman–Crippen LogP) is 2.02. The van der Waals surface area contributed by atoms with E-state index in [0.717, 1.165) is 23.5 Å². The molecule has 8 heteroatoms. The van der Waals surface area contributed by atoms with Gasteiger partial charge >= 0.3 is 12.0 Å². The first-order chi connectivity index (χ1) is 14.0. The van der Waals surface area contributed by atoms with Crippen LogP contribution in [-0.4, -0.2) is 70.5 Å². The van der Waals surface area contributed by atoms with Crippen molar-refractivity contribution in [3.05, 3.63) is 47.8 Å². The first-order valence-corrected chi connectivity index (χ1v) is 9.88. The van der Waals surface area contributed by atoms with E-state index in [2.05, 4.69) is 9.97 Å². The van der Waals surface area contributed by atoms with Crippen LogP contribution in [0.15, 0.2) is 36.4 Å². The second-order valence-electron chi connectivity index (χ2n) is 7.49. The molecule has 8 nitrogen and oxygen atoms in total. The molecule has 29 heavy (non-hydrogen) atoms. The van der Waals surface area contributed by atoms with Crippen molar-refractivity contribution in [2.24, 2.45) is 0 Å². The molecule has 0 N–H and O–H groups in total. The normalized spacial score (nSPS) is 19.2. The fourth-order valence-corrected chi connectivity index (χ4v) is 3.79. The molecule has 2 aromatic rings. The maximum Gasteiger partial charge on any atom is 0.325 e. The van der Waals surface area contributed by atoms with Gasteiger partial charge in [0.15, 0.2) is 0 Å². The molecule has 3 amide bonds. The monoisotopic (exact) mass is 395 g/mol. The van der Waals surface area contributed by atoms with Gasteiger partial charge in [0.25, 0.3) is 0 Å². The highest BCUT2D eigenvalue weighted by molar-refractivity contribution is 5.96. The van der Waals surface area contributed by atoms with Crippen molar-refractivity contribution >= 4 is 17.6 Å². The Balaban J connectivity index is 1.31. The number of rotatable bonds is 5. The Morgan fingerprint density at radius 3 is 2.55 bits per heavy atom. The molecule has 0 radical (unpaired) electrons. The summed E-state index contributed by atoms with van der Waals surface area (Å²) in [5.41, 5.74) is 2.57. The van der Waals surface area contributed by atoms with Gasteiger partial charge in [0.2, 0.25) is 5.91 Å². The number of urea groups is 1. The van der Waals surface area contributed by atoms with Crippen LogP contribution in [0.2, 0.25) is 0 Å². The third kappa shape index (κ3) is 4.31. The smallest absolute Gasteiger partial charge is 0.325 e. The summed E-state index contributed by atoms with van der Waals surface area (Å²) in [4.78, 5) is 39.1. The van der Waals surface area contributed by atoms with Gasteiger partial charge in [-0.3, -0.25) is 9.69 Å². The first kappa shape index (κ1) is 19.2. The summed E-state index contributed by atoms with van der Waals surface area (Å²) in [6.45, 7) is 6.12. The van der Waals surface area contributed by atoms with Crippen LogP contribution in [0.5, 0.6) is 6.01 Å². The molecule has 2 fully saturated rings. The Kier molecular flexibility index (Phi) is 5.33. The molecule has 0 spiro atoms. The van der Waals surface area contributed by atoms with Gasteiger partial charge in [0.05, 0.1) is 6.54 Å². The Morgan fingerprint density at radius 1 is 1.10 bits per heavy atom. The van der Waals surface area contributed by atoms with Gasteiger partial charge in [-0.2, -0.15) is 0 Å². The molecule has 3 heterocycles. The number of aryl methyl sites for hydroxylation is 2. The zero-order valence-electron chi connectivity index (χ0n) is 16.7. The van der Waals surface area contributed by atoms with Crippen LogP contribution in [0.25, 0.3) is 0 Å². The first-order valence-electron chi connectivity index (χ1n) is 9.88. The van der Waals surface area contributed by atoms with E-state index in [1.165, 1.54) is 0 Å². The highest BCUT2D eigenvalue weighted by Crippen LogP contribution is 2.21. The summed E-state index contributed by atoms with van der Waals surface area (Å²) >= 11 is 0. The van der Waals surface area contributed by atoms with Crippen molar-refractivity contribution in [1.29, 1.82) is 0 Å². The summed E-state index contributed by atoms with van der Waals surface area (Å²) in [6.07, 6.45) is 0.599. The Labute approximate surface area is 170 Å². The third-order valence-corrected chi connectivity index (χ3v) is 5.22. The number of carbonyl (C=O) groups excluding carboxylic acids is 2. The van der Waals surface area contributed by atoms with Crippen LogP contribution in [0.4, 0.5) is 10.5 Å². The molecule has 1 aromatic carbocycles. The number of nitrogens with zero attached hydrogens (tertiary/aromatic N) is 5. The van der Waals surface area contributed by atoms with Crippen molar-refractivity contribution in [1.82, 2.24) is 19.8 Å². The maximum absolute atomic E-state index is 12.7. The van der Waals surface area contributed by atoms with Crippen molar-refractivity contribution < 1.29 is 14.3 Å². The van der Waals surface area contributed by atoms with Crippen LogP contribution in [0.1, 0.15) is 17.8 Å². The van der Waals surface area contributed by atoms with Gasteiger partial charge in [0.1, 0.15) is 12.6 Å². The minimum absolute atomic E-state index is 0.0549. The quantitative estimate of drug-likeness (QED) is 0.774. The van der Waals surface area contributed by atoms with E-state index < -0.39 is 0 Å². The Morgan fingerprint density at radius 2 is 1.83 bits per heavy atom. The van der Waals surface area contributed by atoms with E-state index in [4.69, 9.17) is 4.74 Å². The van der Waals surface area contributed by atoms with Crippen molar-refractivity contribution in [2.75, 3.05) is 37.6 Å². The number of para-hydroxylation sites is 1. The molecule has 4 rings (SSSR count). The van der Waals surface area contributed by atoms with E-state index in [1.54, 1.807) is 14.7 Å². The molecular formula is C21H25N5O3. The largest absolute Gasteiger partial charge is 0.458 e. The molecular weight excluding hydrogens is 370 g/mol. The number of carbonyl (C=O) groups is 2. The van der Waals surface area contributed by atoms with E-state index >= 15 is 0 Å². The molecule has 1 aromatic heterocycles. The van der Waals surface area contributed by atoms with Crippen LogP contribution in [0, 0.1) is 13.8 Å². The van der Waals surface area contributed by atoms with Gasteiger partial charge in [0, 0.05) is 43.1 Å². The molecule has 2 saturated heterocycles. The van der Waals surface area contributed by atoms with Crippen molar-refractivity contribution in [3.63, 3.8) is 0 Å². The lowest BCUT2D eigenvalue weighted by Crippen LogP contribution is -2.42. The second kappa shape index (κ2) is 8.06. The number of benzene rings is 1. The van der Waals surface area contributed by atoms with Gasteiger partial charge < -0.3 is 14.5 Å². The highest BCUT2D eigenvalue weighted by Gasteiger charge is 2.34. The molecule has 0 aliphatic carbocycles. The summed E-state index contributed by atoms with van der Waals surface area (Å²) < 4.78 is 5.88. The SMILES string of the molecule is Cc1cc(C)nc(OC2CCN(C(=O)CN3CCN(c4ccccc4)C3=O)C2)n1. The van der Waals surface area contributed by atoms with Gasteiger partial charge in [-0.1, -0.05) is 18.2 Å². The van der Waals surface area contributed by atoms with Crippen molar-refractivity contribution in [3.8, 4) is 6.01 Å². The van der Waals surface area contributed by atoms with E-state index in [0.29, 0.717) is 32.2 Å². The standard InChI is InChI=1S/C21H25N5O3/c1-15-12-16(2)23-20(22-15)29-18-8-9-24(13-18)19(27)14-25-10-11-26(21(25)28)17-6-4-3-5-7-17/h3-7,12,18H,8-11,13-14H2,1-2H3. The van der Waals surface area contributed by atoms with Crippen LogP contribution in [-0.2, 0) is 4.79 Å². The lowest BCUT2D eigenvalue weighted by molar-refractivity contribution is -0.130. The average Bonchev–Trinajstić information content (AvgIpc) is 3.29. The van der Waals surface area contributed by atoms with Crippen LogP contribution < -0.4 is 9.64 Å². The minimum atomic E-state index is -0.129. The summed E-state index contributed by atoms with van der Waals surface area (Å²) in [5, 5.41) is 0. The van der Waals surface area contributed by atoms with E-state index in [9.17, 15) is 9.59 Å². The summed E-state index contributed by atoms with van der Waals surface area (Å²) in [6, 6.07) is 11.7. The number of anilines is 1. The molecule has 2 aliphatic rings. The fraction of sp³-hybridized carbons (Fsp3) is 0.429. The number of amides is 3. The predicted molar refractivity (Wildman–Crippen MR) is 108 cm³/mol. The fourth-order valence-electron chi connectivity index (χ4n) is 3.79. The maximum atomic E-state index is 12.7. The summed E-state index contributed by atoms with van der Waals surface area (Å²) in [7, 11) is 0. The summed E-state index contributed by atoms with van der Waals surface area (Å²) in [5.74, 6) is -0.0549. The third-order valence-electron chi connectivity index (χ3n) is 5.22. The number of hydrogen-bond acceptors (Lipinski definition) is 5. The second-order valence-corrected chi connectivity index (χ2v) is 7.49. The van der Waals surface area contributed by atoms with Crippen molar-refractivity contribution in [2.45, 2.75) is 26.4 Å². The molecule has 0 saturated carbocycles. The molecule has 1 atom stereocenters. The van der Waals surface area contributed by atoms with E-state index in [1.807, 2.05) is 50.2 Å². The lowest BCUT2D eigenvalue weighted by atomic mass is 10.3.